The number of likely N-dealkylation sites (tertiary alicyclic amines) is 1. The lowest BCUT2D eigenvalue weighted by Gasteiger charge is -2.28. The third-order valence-electron chi connectivity index (χ3n) is 6.13. The summed E-state index contributed by atoms with van der Waals surface area (Å²) in [6.45, 7) is 2.78. The molecule has 2 aromatic heterocycles. The number of anilines is 2. The first-order valence-electron chi connectivity index (χ1n) is 10.9. The van der Waals surface area contributed by atoms with Crippen LogP contribution < -0.4 is 13.9 Å². The van der Waals surface area contributed by atoms with Gasteiger partial charge in [0, 0.05) is 31.6 Å². The highest BCUT2D eigenvalue weighted by atomic mass is 32.2. The molecule has 1 N–H and O–H groups in total. The number of carbonyl (C=O) groups is 1. The van der Waals surface area contributed by atoms with Gasteiger partial charge in [-0.2, -0.15) is 8.42 Å². The standard InChI is InChI=1S/C23H27N5O5S2/c1-16-10-22(24-11-20(16)26(2)18-8-9-27(13-18)23(29)30)35(31,32)28(21-14-34-15-25-21)12-17-4-6-19(33-3)7-5-17/h4-7,10-11,14-15,18H,8-9,12-13H2,1-3H3,(H,29,30). The van der Waals surface area contributed by atoms with Crippen LogP contribution in [0, 0.1) is 6.92 Å². The summed E-state index contributed by atoms with van der Waals surface area (Å²) in [7, 11) is -0.562. The summed E-state index contributed by atoms with van der Waals surface area (Å²) in [6, 6.07) is 8.73. The second kappa shape index (κ2) is 10.1. The predicted octanol–water partition coefficient (Wildman–Crippen LogP) is 3.44. The molecule has 0 aliphatic carbocycles. The Kier molecular flexibility index (Phi) is 7.13. The topological polar surface area (TPSA) is 116 Å². The van der Waals surface area contributed by atoms with E-state index < -0.39 is 16.1 Å². The second-order valence-electron chi connectivity index (χ2n) is 8.30. The van der Waals surface area contributed by atoms with Crippen molar-refractivity contribution in [2.45, 2.75) is 31.0 Å². The summed E-state index contributed by atoms with van der Waals surface area (Å²) in [6.07, 6.45) is 1.30. The molecule has 35 heavy (non-hydrogen) atoms. The normalized spacial score (nSPS) is 15.7. The average molecular weight is 518 g/mol. The molecular weight excluding hydrogens is 490 g/mol. The first-order valence-corrected chi connectivity index (χ1v) is 13.3. The number of pyridine rings is 1. The summed E-state index contributed by atoms with van der Waals surface area (Å²) in [4.78, 5) is 23.2. The van der Waals surface area contributed by atoms with Crippen molar-refractivity contribution in [1.82, 2.24) is 14.9 Å². The minimum absolute atomic E-state index is 0.00404. The smallest absolute Gasteiger partial charge is 0.407 e. The van der Waals surface area contributed by atoms with Crippen LogP contribution in [0.1, 0.15) is 17.5 Å². The van der Waals surface area contributed by atoms with Crippen LogP contribution >= 0.6 is 11.3 Å². The first-order chi connectivity index (χ1) is 16.7. The number of likely N-dealkylation sites (N-methyl/N-ethyl adjacent to an activating group) is 1. The Morgan fingerprint density at radius 2 is 2.03 bits per heavy atom. The Morgan fingerprint density at radius 1 is 1.29 bits per heavy atom. The molecule has 186 valence electrons. The number of methoxy groups -OCH3 is 1. The summed E-state index contributed by atoms with van der Waals surface area (Å²) >= 11 is 1.31. The van der Waals surface area contributed by atoms with Gasteiger partial charge in [-0.1, -0.05) is 12.1 Å². The number of hydrogen-bond acceptors (Lipinski definition) is 8. The number of aromatic nitrogens is 2. The van der Waals surface area contributed by atoms with Gasteiger partial charge in [-0.15, -0.1) is 11.3 Å². The number of amides is 1. The lowest BCUT2D eigenvalue weighted by Crippen LogP contribution is -2.36. The maximum absolute atomic E-state index is 13.7. The van der Waals surface area contributed by atoms with E-state index in [1.165, 1.54) is 26.7 Å². The summed E-state index contributed by atoms with van der Waals surface area (Å²) in [5.74, 6) is 1.01. The van der Waals surface area contributed by atoms with E-state index in [0.717, 1.165) is 16.8 Å². The largest absolute Gasteiger partial charge is 0.497 e. The van der Waals surface area contributed by atoms with Crippen molar-refractivity contribution in [3.05, 3.63) is 58.5 Å². The molecule has 12 heteroatoms. The van der Waals surface area contributed by atoms with Gasteiger partial charge in [0.15, 0.2) is 10.8 Å². The van der Waals surface area contributed by atoms with Crippen molar-refractivity contribution in [1.29, 1.82) is 0 Å². The Labute approximate surface area is 208 Å². The van der Waals surface area contributed by atoms with Crippen LogP contribution in [0.15, 0.2) is 52.4 Å². The van der Waals surface area contributed by atoms with Gasteiger partial charge in [0.2, 0.25) is 0 Å². The van der Waals surface area contributed by atoms with Gasteiger partial charge in [-0.05, 0) is 42.7 Å². The predicted molar refractivity (Wildman–Crippen MR) is 134 cm³/mol. The highest BCUT2D eigenvalue weighted by Crippen LogP contribution is 2.29. The maximum Gasteiger partial charge on any atom is 0.407 e. The molecule has 1 aromatic carbocycles. The minimum Gasteiger partial charge on any atom is -0.497 e. The molecule has 4 rings (SSSR count). The molecule has 0 saturated carbocycles. The van der Waals surface area contributed by atoms with Gasteiger partial charge in [-0.25, -0.2) is 19.1 Å². The van der Waals surface area contributed by atoms with Gasteiger partial charge in [0.25, 0.3) is 10.0 Å². The summed E-state index contributed by atoms with van der Waals surface area (Å²) in [5.41, 5.74) is 3.86. The highest BCUT2D eigenvalue weighted by Gasteiger charge is 2.31. The molecule has 3 heterocycles. The molecule has 1 fully saturated rings. The molecule has 1 amide bonds. The molecule has 10 nitrogen and oxygen atoms in total. The van der Waals surface area contributed by atoms with Crippen LogP contribution in [-0.2, 0) is 16.6 Å². The zero-order valence-corrected chi connectivity index (χ0v) is 21.3. The van der Waals surface area contributed by atoms with E-state index >= 15 is 0 Å². The second-order valence-corrected chi connectivity index (χ2v) is 10.8. The van der Waals surface area contributed by atoms with E-state index in [1.807, 2.05) is 31.0 Å². The molecule has 3 aromatic rings. The van der Waals surface area contributed by atoms with Crippen molar-refractivity contribution in [2.24, 2.45) is 0 Å². The first kappa shape index (κ1) is 24.7. The third-order valence-corrected chi connectivity index (χ3v) is 8.36. The van der Waals surface area contributed by atoms with Gasteiger partial charge < -0.3 is 19.6 Å². The van der Waals surface area contributed by atoms with E-state index in [4.69, 9.17) is 4.74 Å². The van der Waals surface area contributed by atoms with Crippen LogP contribution in [-0.4, -0.2) is 67.8 Å². The van der Waals surface area contributed by atoms with Crippen LogP contribution in [0.3, 0.4) is 0 Å². The van der Waals surface area contributed by atoms with Gasteiger partial charge >= 0.3 is 6.09 Å². The molecule has 1 saturated heterocycles. The molecule has 1 aliphatic rings. The van der Waals surface area contributed by atoms with E-state index in [-0.39, 0.29) is 17.6 Å². The third kappa shape index (κ3) is 5.17. The van der Waals surface area contributed by atoms with Crippen molar-refractivity contribution >= 4 is 39.0 Å². The van der Waals surface area contributed by atoms with Crippen molar-refractivity contribution < 1.29 is 23.1 Å². The molecule has 1 aliphatic heterocycles. The number of carboxylic acid groups (broad SMARTS) is 1. The van der Waals surface area contributed by atoms with Crippen LogP contribution in [0.4, 0.5) is 16.3 Å². The molecule has 0 radical (unpaired) electrons. The molecule has 1 unspecified atom stereocenters. The quantitative estimate of drug-likeness (QED) is 0.483. The van der Waals surface area contributed by atoms with E-state index in [9.17, 15) is 18.3 Å². The van der Waals surface area contributed by atoms with Crippen molar-refractivity contribution in [3.8, 4) is 5.75 Å². The van der Waals surface area contributed by atoms with Crippen LogP contribution in [0.25, 0.3) is 0 Å². The van der Waals surface area contributed by atoms with Crippen LogP contribution in [0.2, 0.25) is 0 Å². The number of benzene rings is 1. The summed E-state index contributed by atoms with van der Waals surface area (Å²) < 4.78 is 33.8. The number of ether oxygens (including phenoxy) is 1. The zero-order chi connectivity index (χ0) is 25.2. The fourth-order valence-electron chi connectivity index (χ4n) is 4.09. The summed E-state index contributed by atoms with van der Waals surface area (Å²) in [5, 5.41) is 10.8. The van der Waals surface area contributed by atoms with Gasteiger partial charge in [0.1, 0.15) is 5.75 Å². The van der Waals surface area contributed by atoms with E-state index in [1.54, 1.807) is 36.2 Å². The Balaban J connectivity index is 1.61. The number of hydrogen-bond donors (Lipinski definition) is 1. The lowest BCUT2D eigenvalue weighted by atomic mass is 10.1. The lowest BCUT2D eigenvalue weighted by molar-refractivity contribution is 0.155. The highest BCUT2D eigenvalue weighted by molar-refractivity contribution is 7.92. The van der Waals surface area contributed by atoms with Crippen molar-refractivity contribution in [3.63, 3.8) is 0 Å². The maximum atomic E-state index is 13.7. The molecular formula is C23H27N5O5S2. The molecule has 0 spiro atoms. The number of nitrogens with zero attached hydrogens (tertiary/aromatic N) is 5. The van der Waals surface area contributed by atoms with Gasteiger partial charge in [0.05, 0.1) is 31.0 Å². The number of sulfonamides is 1. The van der Waals surface area contributed by atoms with E-state index in [0.29, 0.717) is 31.1 Å². The number of aryl methyl sites for hydroxylation is 1. The average Bonchev–Trinajstić information content (AvgIpc) is 3.55. The van der Waals surface area contributed by atoms with Crippen LogP contribution in [0.5, 0.6) is 5.75 Å². The number of rotatable bonds is 8. The Bertz CT molecular complexity index is 1280. The monoisotopic (exact) mass is 517 g/mol. The van der Waals surface area contributed by atoms with E-state index in [2.05, 4.69) is 9.97 Å². The Morgan fingerprint density at radius 3 is 2.60 bits per heavy atom. The SMILES string of the molecule is COc1ccc(CN(c2cscn2)S(=O)(=O)c2cc(C)c(N(C)C3CCN(C(=O)O)C3)cn2)cc1. The Hall–Kier alpha value is -3.38. The molecule has 0 bridgehead atoms. The number of thiazole rings is 1. The van der Waals surface area contributed by atoms with Crippen molar-refractivity contribution in [2.75, 3.05) is 36.5 Å². The van der Waals surface area contributed by atoms with Gasteiger partial charge in [-0.3, -0.25) is 0 Å². The molecule has 1 atom stereocenters. The fraction of sp³-hybridized carbons (Fsp3) is 0.348. The fourth-order valence-corrected chi connectivity index (χ4v) is 6.10. The zero-order valence-electron chi connectivity index (χ0n) is 19.7. The minimum atomic E-state index is -4.01.